The third kappa shape index (κ3) is 1.70. The molecule has 1 fully saturated rings. The van der Waals surface area contributed by atoms with Crippen LogP contribution in [0.1, 0.15) is 32.6 Å². The van der Waals surface area contributed by atoms with E-state index in [1.54, 1.807) is 0 Å². The first-order chi connectivity index (χ1) is 4.74. The van der Waals surface area contributed by atoms with Gasteiger partial charge in [0, 0.05) is 0 Å². The third-order valence-electron chi connectivity index (χ3n) is 2.45. The van der Waals surface area contributed by atoms with E-state index in [2.05, 4.69) is 6.92 Å². The van der Waals surface area contributed by atoms with Crippen molar-refractivity contribution in [3.05, 3.63) is 0 Å². The van der Waals surface area contributed by atoms with Crippen LogP contribution in [0, 0.1) is 5.92 Å². The molecule has 0 aliphatic heterocycles. The summed E-state index contributed by atoms with van der Waals surface area (Å²) in [4.78, 5) is 0. The Hall–Kier alpha value is -0.0800. The molecular weight excluding hydrogens is 128 g/mol. The molecule has 1 rings (SSSR count). The second kappa shape index (κ2) is 3.35. The van der Waals surface area contributed by atoms with Crippen molar-refractivity contribution in [1.82, 2.24) is 0 Å². The van der Waals surface area contributed by atoms with E-state index >= 15 is 0 Å². The van der Waals surface area contributed by atoms with Crippen molar-refractivity contribution in [3.8, 4) is 0 Å². The lowest BCUT2D eigenvalue weighted by Gasteiger charge is -2.29. The minimum Gasteiger partial charge on any atom is -0.393 e. The molecule has 2 N–H and O–H groups in total. The van der Waals surface area contributed by atoms with Crippen molar-refractivity contribution < 1.29 is 10.2 Å². The summed E-state index contributed by atoms with van der Waals surface area (Å²) in [6.45, 7) is 2.09. The van der Waals surface area contributed by atoms with Crippen LogP contribution in [0.5, 0.6) is 0 Å². The van der Waals surface area contributed by atoms with E-state index in [-0.39, 0.29) is 12.2 Å². The van der Waals surface area contributed by atoms with Crippen LogP contribution in [0.3, 0.4) is 0 Å². The normalized spacial score (nSPS) is 41.7. The number of hydrogen-bond donors (Lipinski definition) is 2. The molecule has 10 heavy (non-hydrogen) atoms. The summed E-state index contributed by atoms with van der Waals surface area (Å²) in [7, 11) is 0. The molecule has 0 spiro atoms. The fourth-order valence-electron chi connectivity index (χ4n) is 1.66. The van der Waals surface area contributed by atoms with Crippen molar-refractivity contribution >= 4 is 0 Å². The summed E-state index contributed by atoms with van der Waals surface area (Å²) in [6.07, 6.45) is 2.97. The molecule has 0 aromatic rings. The van der Waals surface area contributed by atoms with Gasteiger partial charge in [-0.1, -0.05) is 13.3 Å². The topological polar surface area (TPSA) is 40.5 Å². The maximum Gasteiger partial charge on any atom is 0.0592 e. The van der Waals surface area contributed by atoms with Gasteiger partial charge in [-0.3, -0.25) is 0 Å². The summed E-state index contributed by atoms with van der Waals surface area (Å²) in [5.74, 6) is 0.434. The van der Waals surface area contributed by atoms with E-state index < -0.39 is 0 Å². The molecule has 3 unspecified atom stereocenters. The lowest BCUT2D eigenvalue weighted by Crippen LogP contribution is -2.31. The number of rotatable bonds is 1. The monoisotopic (exact) mass is 144 g/mol. The molecular formula is C8H16O2. The predicted octanol–water partition coefficient (Wildman–Crippen LogP) is 0.918. The Balaban J connectivity index is 2.36. The van der Waals surface area contributed by atoms with Gasteiger partial charge in [0.2, 0.25) is 0 Å². The van der Waals surface area contributed by atoms with Crippen LogP contribution in [-0.2, 0) is 0 Å². The fourth-order valence-corrected chi connectivity index (χ4v) is 1.66. The first kappa shape index (κ1) is 8.02. The van der Waals surface area contributed by atoms with E-state index in [1.807, 2.05) is 0 Å². The molecule has 60 valence electrons. The Morgan fingerprint density at radius 2 is 2.00 bits per heavy atom. The summed E-state index contributed by atoms with van der Waals surface area (Å²) in [5.41, 5.74) is 0. The molecule has 0 aromatic heterocycles. The highest BCUT2D eigenvalue weighted by atomic mass is 16.3. The third-order valence-corrected chi connectivity index (χ3v) is 2.45. The standard InChI is InChI=1S/C8H16O2/c1-2-6-3-4-7(9)5-8(6)10/h6-10H,2-5H2,1H3. The highest BCUT2D eigenvalue weighted by Gasteiger charge is 2.26. The van der Waals surface area contributed by atoms with Crippen molar-refractivity contribution in [3.63, 3.8) is 0 Å². The van der Waals surface area contributed by atoms with Gasteiger partial charge >= 0.3 is 0 Å². The molecule has 2 nitrogen and oxygen atoms in total. The minimum atomic E-state index is -0.256. The van der Waals surface area contributed by atoms with E-state index in [1.165, 1.54) is 0 Å². The van der Waals surface area contributed by atoms with Gasteiger partial charge in [-0.05, 0) is 25.2 Å². The van der Waals surface area contributed by atoms with Gasteiger partial charge in [-0.15, -0.1) is 0 Å². The summed E-state index contributed by atoms with van der Waals surface area (Å²) < 4.78 is 0. The average Bonchev–Trinajstić information content (AvgIpc) is 1.88. The maximum atomic E-state index is 9.38. The quantitative estimate of drug-likeness (QED) is 0.574. The zero-order valence-corrected chi connectivity index (χ0v) is 6.45. The molecule has 1 aliphatic rings. The fraction of sp³-hybridized carbons (Fsp3) is 1.00. The average molecular weight is 144 g/mol. The van der Waals surface area contributed by atoms with E-state index in [0.29, 0.717) is 12.3 Å². The van der Waals surface area contributed by atoms with Crippen LogP contribution < -0.4 is 0 Å². The Bertz CT molecular complexity index is 103. The van der Waals surface area contributed by atoms with Crippen molar-refractivity contribution in [2.24, 2.45) is 5.92 Å². The first-order valence-electron chi connectivity index (χ1n) is 4.10. The molecule has 0 aromatic carbocycles. The highest BCUT2D eigenvalue weighted by Crippen LogP contribution is 2.26. The van der Waals surface area contributed by atoms with Crippen LogP contribution in [0.2, 0.25) is 0 Å². The lowest BCUT2D eigenvalue weighted by molar-refractivity contribution is 0.0000934. The highest BCUT2D eigenvalue weighted by molar-refractivity contribution is 4.78. The van der Waals surface area contributed by atoms with Gasteiger partial charge in [-0.2, -0.15) is 0 Å². The van der Waals surface area contributed by atoms with Crippen LogP contribution in [0.4, 0.5) is 0 Å². The molecule has 3 atom stereocenters. The number of hydrogen-bond acceptors (Lipinski definition) is 2. The molecule has 0 radical (unpaired) electrons. The minimum absolute atomic E-state index is 0.252. The van der Waals surface area contributed by atoms with Gasteiger partial charge in [0.05, 0.1) is 12.2 Å². The van der Waals surface area contributed by atoms with Gasteiger partial charge in [0.15, 0.2) is 0 Å². The van der Waals surface area contributed by atoms with E-state index in [0.717, 1.165) is 19.3 Å². The maximum absolute atomic E-state index is 9.38. The molecule has 0 amide bonds. The Labute approximate surface area is 61.9 Å². The van der Waals surface area contributed by atoms with Crippen LogP contribution in [0.25, 0.3) is 0 Å². The largest absolute Gasteiger partial charge is 0.393 e. The second-order valence-corrected chi connectivity index (χ2v) is 3.20. The van der Waals surface area contributed by atoms with Crippen molar-refractivity contribution in [1.29, 1.82) is 0 Å². The van der Waals surface area contributed by atoms with Gasteiger partial charge in [-0.25, -0.2) is 0 Å². The Morgan fingerprint density at radius 3 is 2.50 bits per heavy atom. The molecule has 1 aliphatic carbocycles. The van der Waals surface area contributed by atoms with Crippen LogP contribution in [0.15, 0.2) is 0 Å². The van der Waals surface area contributed by atoms with Crippen molar-refractivity contribution in [2.75, 3.05) is 0 Å². The molecule has 1 saturated carbocycles. The Morgan fingerprint density at radius 1 is 1.30 bits per heavy atom. The molecule has 2 heteroatoms. The smallest absolute Gasteiger partial charge is 0.0592 e. The second-order valence-electron chi connectivity index (χ2n) is 3.20. The molecule has 0 heterocycles. The summed E-state index contributed by atoms with van der Waals surface area (Å²) in [6, 6.07) is 0. The SMILES string of the molecule is CCC1CCC(O)CC1O. The zero-order valence-electron chi connectivity index (χ0n) is 6.45. The summed E-state index contributed by atoms with van der Waals surface area (Å²) in [5, 5.41) is 18.5. The van der Waals surface area contributed by atoms with Crippen LogP contribution in [-0.4, -0.2) is 22.4 Å². The zero-order chi connectivity index (χ0) is 7.56. The van der Waals surface area contributed by atoms with Crippen LogP contribution >= 0.6 is 0 Å². The number of aliphatic hydroxyl groups excluding tert-OH is 2. The van der Waals surface area contributed by atoms with E-state index in [9.17, 15) is 5.11 Å². The molecule has 0 saturated heterocycles. The molecule has 0 bridgehead atoms. The number of aliphatic hydroxyl groups is 2. The lowest BCUT2D eigenvalue weighted by atomic mass is 9.83. The van der Waals surface area contributed by atoms with Gasteiger partial charge in [0.25, 0.3) is 0 Å². The predicted molar refractivity (Wildman–Crippen MR) is 39.6 cm³/mol. The van der Waals surface area contributed by atoms with E-state index in [4.69, 9.17) is 5.11 Å². The van der Waals surface area contributed by atoms with Gasteiger partial charge in [0.1, 0.15) is 0 Å². The van der Waals surface area contributed by atoms with Crippen molar-refractivity contribution in [2.45, 2.75) is 44.8 Å². The van der Waals surface area contributed by atoms with Gasteiger partial charge < -0.3 is 10.2 Å². The Kier molecular flexibility index (Phi) is 2.69. The first-order valence-corrected chi connectivity index (χ1v) is 4.10. The summed E-state index contributed by atoms with van der Waals surface area (Å²) >= 11 is 0.